The molecule has 0 aliphatic carbocycles. The smallest absolute Gasteiger partial charge is 0.221 e. The lowest BCUT2D eigenvalue weighted by atomic mass is 9.88. The van der Waals surface area contributed by atoms with E-state index in [0.29, 0.717) is 5.88 Å². The molecule has 0 saturated carbocycles. The fourth-order valence-electron chi connectivity index (χ4n) is 7.40. The van der Waals surface area contributed by atoms with Crippen molar-refractivity contribution in [3.63, 3.8) is 0 Å². The molecule has 7 aromatic rings. The molecular weight excluding hydrogens is 603 g/mol. The van der Waals surface area contributed by atoms with Gasteiger partial charge in [0, 0.05) is 41.7 Å². The molecule has 0 unspecified atom stereocenters. The highest BCUT2D eigenvalue weighted by molar-refractivity contribution is 6.09. The predicted molar refractivity (Wildman–Crippen MR) is 203 cm³/mol. The van der Waals surface area contributed by atoms with Crippen LogP contribution < -0.4 is 14.5 Å². The summed E-state index contributed by atoms with van der Waals surface area (Å²) in [5.41, 5.74) is 12.5. The topological polar surface area (TPSA) is 46.4 Å². The highest BCUT2D eigenvalue weighted by Crippen LogP contribution is 2.43. The standard InChI is InChI=1S/C43H41N5O/c1-27-20-28(2)42(29(3)21-27)35-23-31(47-26-46(7)37-14-10-11-15-38(37)47)24-41(45-35)49-32-16-17-34-33-12-8-9-13-36(33)48(39(34)25-32)40-22-30(18-19-44-40)43(4,5)6/h8-25H,26H2,1-7H3. The third kappa shape index (κ3) is 5.38. The molecule has 244 valence electrons. The number of aromatic nitrogens is 3. The van der Waals surface area contributed by atoms with Crippen LogP contribution in [-0.2, 0) is 5.41 Å². The minimum atomic E-state index is -0.00205. The fourth-order valence-corrected chi connectivity index (χ4v) is 7.40. The highest BCUT2D eigenvalue weighted by Gasteiger charge is 2.26. The Morgan fingerprint density at radius 1 is 0.714 bits per heavy atom. The molecule has 4 heterocycles. The van der Waals surface area contributed by atoms with Crippen LogP contribution in [0.1, 0.15) is 43.0 Å². The first-order chi connectivity index (χ1) is 23.5. The molecule has 0 N–H and O–H groups in total. The summed E-state index contributed by atoms with van der Waals surface area (Å²) in [5.74, 6) is 2.16. The minimum absolute atomic E-state index is 0.00205. The minimum Gasteiger partial charge on any atom is -0.439 e. The Labute approximate surface area is 288 Å². The third-order valence-electron chi connectivity index (χ3n) is 9.68. The van der Waals surface area contributed by atoms with Gasteiger partial charge in [-0.3, -0.25) is 4.57 Å². The van der Waals surface area contributed by atoms with Crippen LogP contribution in [-0.4, -0.2) is 28.3 Å². The lowest BCUT2D eigenvalue weighted by Gasteiger charge is -2.22. The number of aryl methyl sites for hydroxylation is 3. The number of rotatable bonds is 5. The van der Waals surface area contributed by atoms with Gasteiger partial charge in [0.25, 0.3) is 0 Å². The predicted octanol–water partition coefficient (Wildman–Crippen LogP) is 10.8. The summed E-state index contributed by atoms with van der Waals surface area (Å²) < 4.78 is 8.99. The highest BCUT2D eigenvalue weighted by atomic mass is 16.5. The van der Waals surface area contributed by atoms with E-state index in [2.05, 4.69) is 160 Å². The molecule has 4 aromatic carbocycles. The van der Waals surface area contributed by atoms with Gasteiger partial charge in [-0.05, 0) is 91.4 Å². The number of anilines is 3. The van der Waals surface area contributed by atoms with Crippen molar-refractivity contribution in [2.45, 2.75) is 47.0 Å². The van der Waals surface area contributed by atoms with E-state index in [1.807, 2.05) is 12.3 Å². The van der Waals surface area contributed by atoms with Crippen LogP contribution in [0.5, 0.6) is 11.6 Å². The van der Waals surface area contributed by atoms with Crippen LogP contribution in [0, 0.1) is 20.8 Å². The first kappa shape index (κ1) is 30.7. The number of hydrogen-bond acceptors (Lipinski definition) is 5. The van der Waals surface area contributed by atoms with Crippen molar-refractivity contribution in [3.05, 3.63) is 132 Å². The van der Waals surface area contributed by atoms with E-state index in [1.54, 1.807) is 0 Å². The summed E-state index contributed by atoms with van der Waals surface area (Å²) in [6.45, 7) is 13.9. The van der Waals surface area contributed by atoms with Gasteiger partial charge in [-0.25, -0.2) is 9.97 Å². The molecule has 0 fully saturated rings. The zero-order valence-corrected chi connectivity index (χ0v) is 29.2. The summed E-state index contributed by atoms with van der Waals surface area (Å²) in [7, 11) is 2.13. The zero-order valence-electron chi connectivity index (χ0n) is 29.2. The first-order valence-corrected chi connectivity index (χ1v) is 16.9. The molecule has 8 rings (SSSR count). The molecule has 0 saturated heterocycles. The number of benzene rings is 4. The lowest BCUT2D eigenvalue weighted by Crippen LogP contribution is -2.24. The van der Waals surface area contributed by atoms with Gasteiger partial charge >= 0.3 is 0 Å². The SMILES string of the molecule is Cc1cc(C)c(-c2cc(N3CN(C)c4ccccc43)cc(Oc3ccc4c5ccccc5n(-c5cc(C(C)(C)C)ccn5)c4c3)n2)c(C)c1. The van der Waals surface area contributed by atoms with E-state index in [9.17, 15) is 0 Å². The largest absolute Gasteiger partial charge is 0.439 e. The van der Waals surface area contributed by atoms with Crippen molar-refractivity contribution in [2.24, 2.45) is 0 Å². The van der Waals surface area contributed by atoms with Gasteiger partial charge in [0.2, 0.25) is 5.88 Å². The Hall–Kier alpha value is -5.62. The Morgan fingerprint density at radius 2 is 1.43 bits per heavy atom. The second-order valence-electron chi connectivity index (χ2n) is 14.4. The van der Waals surface area contributed by atoms with Gasteiger partial charge in [-0.1, -0.05) is 68.8 Å². The van der Waals surface area contributed by atoms with Gasteiger partial charge in [0.05, 0.1) is 40.5 Å². The van der Waals surface area contributed by atoms with E-state index in [-0.39, 0.29) is 5.41 Å². The average molecular weight is 644 g/mol. The second kappa shape index (κ2) is 11.5. The van der Waals surface area contributed by atoms with E-state index < -0.39 is 0 Å². The molecule has 1 aliphatic heterocycles. The van der Waals surface area contributed by atoms with Crippen LogP contribution in [0.4, 0.5) is 17.1 Å². The molecule has 0 radical (unpaired) electrons. The molecule has 0 spiro atoms. The maximum Gasteiger partial charge on any atom is 0.221 e. The van der Waals surface area contributed by atoms with Crippen molar-refractivity contribution in [1.29, 1.82) is 0 Å². The first-order valence-electron chi connectivity index (χ1n) is 16.9. The molecule has 3 aromatic heterocycles. The quantitative estimate of drug-likeness (QED) is 0.187. The fraction of sp³-hybridized carbons (Fsp3) is 0.209. The van der Waals surface area contributed by atoms with Crippen LogP contribution >= 0.6 is 0 Å². The average Bonchev–Trinajstić information content (AvgIpc) is 3.58. The molecular formula is C43H41N5O. The van der Waals surface area contributed by atoms with Gasteiger partial charge in [-0.15, -0.1) is 0 Å². The number of hydrogen-bond donors (Lipinski definition) is 0. The Bertz CT molecular complexity index is 2380. The van der Waals surface area contributed by atoms with Crippen molar-refractivity contribution in [2.75, 3.05) is 23.5 Å². The van der Waals surface area contributed by atoms with Gasteiger partial charge in [0.15, 0.2) is 0 Å². The van der Waals surface area contributed by atoms with Crippen molar-refractivity contribution < 1.29 is 4.74 Å². The second-order valence-corrected chi connectivity index (χ2v) is 14.4. The lowest BCUT2D eigenvalue weighted by molar-refractivity contribution is 0.464. The van der Waals surface area contributed by atoms with Crippen LogP contribution in [0.3, 0.4) is 0 Å². The molecule has 1 aliphatic rings. The van der Waals surface area contributed by atoms with Crippen molar-refractivity contribution in [1.82, 2.24) is 14.5 Å². The molecule has 6 nitrogen and oxygen atoms in total. The number of nitrogens with zero attached hydrogens (tertiary/aromatic N) is 5. The normalized spacial score (nSPS) is 13.0. The number of ether oxygens (including phenoxy) is 1. The van der Waals surface area contributed by atoms with Crippen LogP contribution in [0.25, 0.3) is 38.9 Å². The van der Waals surface area contributed by atoms with Gasteiger partial charge < -0.3 is 14.5 Å². The Kier molecular flexibility index (Phi) is 7.21. The van der Waals surface area contributed by atoms with Gasteiger partial charge in [0.1, 0.15) is 11.6 Å². The Balaban J connectivity index is 1.28. The molecule has 0 bridgehead atoms. The molecule has 6 heteroatoms. The monoisotopic (exact) mass is 643 g/mol. The van der Waals surface area contributed by atoms with Gasteiger partial charge in [-0.2, -0.15) is 0 Å². The number of para-hydroxylation sites is 3. The van der Waals surface area contributed by atoms with Crippen molar-refractivity contribution in [3.8, 4) is 28.7 Å². The third-order valence-corrected chi connectivity index (χ3v) is 9.68. The maximum atomic E-state index is 6.75. The van der Waals surface area contributed by atoms with E-state index >= 15 is 0 Å². The summed E-state index contributed by atoms with van der Waals surface area (Å²) in [5, 5.41) is 2.33. The maximum absolute atomic E-state index is 6.75. The summed E-state index contributed by atoms with van der Waals surface area (Å²) >= 11 is 0. The molecule has 0 amide bonds. The molecule has 49 heavy (non-hydrogen) atoms. The molecule has 0 atom stereocenters. The summed E-state index contributed by atoms with van der Waals surface area (Å²) in [4.78, 5) is 14.6. The zero-order chi connectivity index (χ0) is 34.0. The van der Waals surface area contributed by atoms with Crippen LogP contribution in [0.15, 0.2) is 109 Å². The van der Waals surface area contributed by atoms with E-state index in [0.717, 1.165) is 51.6 Å². The number of fused-ring (bicyclic) bond motifs is 4. The van der Waals surface area contributed by atoms with E-state index in [1.165, 1.54) is 39.0 Å². The van der Waals surface area contributed by atoms with Crippen LogP contribution in [0.2, 0.25) is 0 Å². The summed E-state index contributed by atoms with van der Waals surface area (Å²) in [6.07, 6.45) is 1.91. The summed E-state index contributed by atoms with van der Waals surface area (Å²) in [6, 6.07) is 36.4. The number of pyridine rings is 2. The van der Waals surface area contributed by atoms with Crippen molar-refractivity contribution >= 4 is 38.9 Å². The van der Waals surface area contributed by atoms with E-state index in [4.69, 9.17) is 14.7 Å². The Morgan fingerprint density at radius 3 is 2.20 bits per heavy atom.